The predicted octanol–water partition coefficient (Wildman–Crippen LogP) is 4.37. The molecule has 1 N–H and O–H groups in total. The smallest absolute Gasteiger partial charge is 0.161 e. The van der Waals surface area contributed by atoms with E-state index in [2.05, 4.69) is 52.1 Å². The van der Waals surface area contributed by atoms with E-state index in [-0.39, 0.29) is 0 Å². The summed E-state index contributed by atoms with van der Waals surface area (Å²) in [5.41, 5.74) is 1.29. The molecule has 0 heterocycles. The predicted molar refractivity (Wildman–Crippen MR) is 89.6 cm³/mol. The van der Waals surface area contributed by atoms with Gasteiger partial charge in [0, 0.05) is 6.04 Å². The Morgan fingerprint density at radius 2 is 1.57 bits per heavy atom. The molecule has 3 heteroatoms. The van der Waals surface area contributed by atoms with E-state index in [9.17, 15) is 0 Å². The lowest BCUT2D eigenvalue weighted by atomic mass is 9.94. The first-order valence-electron chi connectivity index (χ1n) is 8.26. The van der Waals surface area contributed by atoms with E-state index in [1.54, 1.807) is 0 Å². The Kier molecular flexibility index (Phi) is 8.21. The lowest BCUT2D eigenvalue weighted by molar-refractivity contribution is 0.268. The number of hydrogen-bond acceptors (Lipinski definition) is 3. The van der Waals surface area contributed by atoms with E-state index in [1.165, 1.54) is 5.56 Å². The Bertz CT molecular complexity index is 406. The molecule has 0 spiro atoms. The number of likely N-dealkylation sites (N-methyl/N-ethyl adjacent to an activating group) is 1. The minimum Gasteiger partial charge on any atom is -0.490 e. The highest BCUT2D eigenvalue weighted by Crippen LogP contribution is 2.32. The first-order valence-corrected chi connectivity index (χ1v) is 8.26. The lowest BCUT2D eigenvalue weighted by Gasteiger charge is -2.22. The summed E-state index contributed by atoms with van der Waals surface area (Å²) in [6, 6.07) is 6.78. The standard InChI is InChI=1S/C18H31NO2/c1-6-11-20-17-10-9-16(13-18(17)21-12-7-2)14(4)15(5)19-8-3/h9-10,13-15,19H,6-8,11-12H2,1-5H3. The molecule has 0 aliphatic carbocycles. The summed E-state index contributed by atoms with van der Waals surface area (Å²) >= 11 is 0. The number of rotatable bonds is 10. The third kappa shape index (κ3) is 5.58. The van der Waals surface area contributed by atoms with Crippen molar-refractivity contribution in [2.24, 2.45) is 0 Å². The fraction of sp³-hybridized carbons (Fsp3) is 0.667. The van der Waals surface area contributed by atoms with Gasteiger partial charge >= 0.3 is 0 Å². The fourth-order valence-corrected chi connectivity index (χ4v) is 2.25. The Morgan fingerprint density at radius 3 is 2.14 bits per heavy atom. The van der Waals surface area contributed by atoms with Crippen molar-refractivity contribution in [3.63, 3.8) is 0 Å². The lowest BCUT2D eigenvalue weighted by Crippen LogP contribution is -2.30. The van der Waals surface area contributed by atoms with Crippen molar-refractivity contribution in [2.45, 2.75) is 59.4 Å². The quantitative estimate of drug-likeness (QED) is 0.695. The van der Waals surface area contributed by atoms with Crippen LogP contribution in [0.5, 0.6) is 11.5 Å². The van der Waals surface area contributed by atoms with Crippen LogP contribution in [-0.2, 0) is 0 Å². The summed E-state index contributed by atoms with van der Waals surface area (Å²) < 4.78 is 11.7. The summed E-state index contributed by atoms with van der Waals surface area (Å²) in [7, 11) is 0. The van der Waals surface area contributed by atoms with Crippen LogP contribution in [0.25, 0.3) is 0 Å². The van der Waals surface area contributed by atoms with E-state index in [0.717, 1.165) is 44.1 Å². The molecule has 1 rings (SSSR count). The van der Waals surface area contributed by atoms with E-state index in [0.29, 0.717) is 12.0 Å². The van der Waals surface area contributed by atoms with Crippen molar-refractivity contribution < 1.29 is 9.47 Å². The molecule has 0 saturated carbocycles. The minimum absolute atomic E-state index is 0.439. The summed E-state index contributed by atoms with van der Waals surface area (Å²) in [5, 5.41) is 3.48. The SMILES string of the molecule is CCCOc1ccc(C(C)C(C)NCC)cc1OCCC. The van der Waals surface area contributed by atoms with Gasteiger partial charge in [-0.2, -0.15) is 0 Å². The highest BCUT2D eigenvalue weighted by atomic mass is 16.5. The van der Waals surface area contributed by atoms with Crippen molar-refractivity contribution in [1.82, 2.24) is 5.32 Å². The maximum atomic E-state index is 5.87. The second-order valence-electron chi connectivity index (χ2n) is 5.54. The molecular weight excluding hydrogens is 262 g/mol. The van der Waals surface area contributed by atoms with E-state index >= 15 is 0 Å². The second kappa shape index (κ2) is 9.67. The first kappa shape index (κ1) is 17.8. The van der Waals surface area contributed by atoms with Crippen LogP contribution in [0.4, 0.5) is 0 Å². The average Bonchev–Trinajstić information content (AvgIpc) is 2.50. The highest BCUT2D eigenvalue weighted by Gasteiger charge is 2.16. The molecule has 1 aromatic rings. The number of nitrogens with one attached hydrogen (secondary N) is 1. The van der Waals surface area contributed by atoms with Gasteiger partial charge in [-0.15, -0.1) is 0 Å². The summed E-state index contributed by atoms with van der Waals surface area (Å²) in [5.74, 6) is 2.17. The Balaban J connectivity index is 2.91. The van der Waals surface area contributed by atoms with Crippen LogP contribution in [-0.4, -0.2) is 25.8 Å². The zero-order chi connectivity index (χ0) is 15.7. The molecule has 120 valence electrons. The number of hydrogen-bond donors (Lipinski definition) is 1. The van der Waals surface area contributed by atoms with Crippen molar-refractivity contribution in [1.29, 1.82) is 0 Å². The van der Waals surface area contributed by atoms with Gasteiger partial charge in [0.1, 0.15) is 0 Å². The van der Waals surface area contributed by atoms with Gasteiger partial charge in [-0.1, -0.05) is 33.8 Å². The molecule has 0 aliphatic rings. The molecule has 1 aromatic carbocycles. The summed E-state index contributed by atoms with van der Waals surface area (Å²) in [6.07, 6.45) is 2.00. The van der Waals surface area contributed by atoms with Gasteiger partial charge in [-0.05, 0) is 49.9 Å². The molecule has 0 aromatic heterocycles. The van der Waals surface area contributed by atoms with Gasteiger partial charge in [0.25, 0.3) is 0 Å². The Labute approximate surface area is 130 Å². The monoisotopic (exact) mass is 293 g/mol. The maximum Gasteiger partial charge on any atom is 0.161 e. The van der Waals surface area contributed by atoms with E-state index in [1.807, 2.05) is 6.07 Å². The zero-order valence-electron chi connectivity index (χ0n) is 14.2. The molecule has 0 fully saturated rings. The minimum atomic E-state index is 0.439. The molecule has 2 atom stereocenters. The van der Waals surface area contributed by atoms with Crippen LogP contribution >= 0.6 is 0 Å². The van der Waals surface area contributed by atoms with Crippen molar-refractivity contribution in [2.75, 3.05) is 19.8 Å². The van der Waals surface area contributed by atoms with Crippen molar-refractivity contribution >= 4 is 0 Å². The average molecular weight is 293 g/mol. The molecule has 2 unspecified atom stereocenters. The van der Waals surface area contributed by atoms with Crippen molar-refractivity contribution in [3.8, 4) is 11.5 Å². The van der Waals surface area contributed by atoms with E-state index < -0.39 is 0 Å². The molecule has 3 nitrogen and oxygen atoms in total. The third-order valence-corrected chi connectivity index (χ3v) is 3.69. The van der Waals surface area contributed by atoms with Crippen LogP contribution in [0.1, 0.15) is 58.9 Å². The molecule has 21 heavy (non-hydrogen) atoms. The topological polar surface area (TPSA) is 30.5 Å². The number of benzene rings is 1. The van der Waals surface area contributed by atoms with Crippen LogP contribution in [0.3, 0.4) is 0 Å². The van der Waals surface area contributed by atoms with Crippen LogP contribution in [0.15, 0.2) is 18.2 Å². The molecule has 0 amide bonds. The Hall–Kier alpha value is -1.22. The van der Waals surface area contributed by atoms with Crippen LogP contribution in [0, 0.1) is 0 Å². The molecule has 0 radical (unpaired) electrons. The Morgan fingerprint density at radius 1 is 0.952 bits per heavy atom. The fourth-order valence-electron chi connectivity index (χ4n) is 2.25. The summed E-state index contributed by atoms with van der Waals surface area (Å²) in [4.78, 5) is 0. The van der Waals surface area contributed by atoms with Gasteiger partial charge in [-0.25, -0.2) is 0 Å². The number of ether oxygens (including phenoxy) is 2. The third-order valence-electron chi connectivity index (χ3n) is 3.69. The molecule has 0 aliphatic heterocycles. The normalized spacial score (nSPS) is 13.8. The van der Waals surface area contributed by atoms with Gasteiger partial charge in [0.05, 0.1) is 13.2 Å². The van der Waals surface area contributed by atoms with Gasteiger partial charge in [0.2, 0.25) is 0 Å². The van der Waals surface area contributed by atoms with Crippen LogP contribution in [0.2, 0.25) is 0 Å². The van der Waals surface area contributed by atoms with Gasteiger partial charge in [0.15, 0.2) is 11.5 Å². The first-order chi connectivity index (χ1) is 10.1. The van der Waals surface area contributed by atoms with Gasteiger partial charge < -0.3 is 14.8 Å². The molecular formula is C18H31NO2. The summed E-state index contributed by atoms with van der Waals surface area (Å²) in [6.45, 7) is 13.3. The highest BCUT2D eigenvalue weighted by molar-refractivity contribution is 5.44. The van der Waals surface area contributed by atoms with Gasteiger partial charge in [-0.3, -0.25) is 0 Å². The molecule has 0 saturated heterocycles. The molecule has 0 bridgehead atoms. The van der Waals surface area contributed by atoms with Crippen LogP contribution < -0.4 is 14.8 Å². The zero-order valence-corrected chi connectivity index (χ0v) is 14.2. The van der Waals surface area contributed by atoms with E-state index in [4.69, 9.17) is 9.47 Å². The maximum absolute atomic E-state index is 5.87. The largest absolute Gasteiger partial charge is 0.490 e. The second-order valence-corrected chi connectivity index (χ2v) is 5.54. The van der Waals surface area contributed by atoms with Crippen molar-refractivity contribution in [3.05, 3.63) is 23.8 Å².